The molecule has 0 radical (unpaired) electrons. The van der Waals surface area contributed by atoms with Gasteiger partial charge in [0.25, 0.3) is 10.0 Å². The Kier molecular flexibility index (Phi) is 5.05. The van der Waals surface area contributed by atoms with Crippen molar-refractivity contribution in [1.29, 1.82) is 0 Å². The van der Waals surface area contributed by atoms with Crippen molar-refractivity contribution in [2.24, 2.45) is 5.92 Å². The SMILES string of the molecule is C[NH+]1CCN(C(=O)C2CCN(S(=O)(=O)c3cccs3)CC2)CC1. The molecule has 1 amide bonds. The van der Waals surface area contributed by atoms with Crippen LogP contribution in [-0.4, -0.2) is 69.8 Å². The fourth-order valence-corrected chi connectivity index (χ4v) is 5.86. The molecule has 0 spiro atoms. The maximum Gasteiger partial charge on any atom is 0.252 e. The lowest BCUT2D eigenvalue weighted by Crippen LogP contribution is -3.12. The van der Waals surface area contributed by atoms with Gasteiger partial charge in [0.15, 0.2) is 0 Å². The highest BCUT2D eigenvalue weighted by molar-refractivity contribution is 7.91. The highest BCUT2D eigenvalue weighted by atomic mass is 32.2. The number of rotatable bonds is 3. The van der Waals surface area contributed by atoms with Crippen LogP contribution in [0.2, 0.25) is 0 Å². The van der Waals surface area contributed by atoms with Crippen LogP contribution in [0.1, 0.15) is 12.8 Å². The second-order valence-corrected chi connectivity index (χ2v) is 9.51. The van der Waals surface area contributed by atoms with Crippen LogP contribution >= 0.6 is 11.3 Å². The molecule has 0 bridgehead atoms. The Morgan fingerprint density at radius 1 is 1.22 bits per heavy atom. The number of hydrogen-bond donors (Lipinski definition) is 1. The first kappa shape index (κ1) is 16.9. The normalized spacial score (nSPS) is 22.4. The van der Waals surface area contributed by atoms with Gasteiger partial charge in [0.2, 0.25) is 5.91 Å². The maximum atomic E-state index is 12.6. The van der Waals surface area contributed by atoms with E-state index in [-0.39, 0.29) is 11.8 Å². The summed E-state index contributed by atoms with van der Waals surface area (Å²) in [5.74, 6) is 0.189. The smallest absolute Gasteiger partial charge is 0.252 e. The number of piperazine rings is 1. The van der Waals surface area contributed by atoms with Gasteiger partial charge in [-0.05, 0) is 24.3 Å². The number of thiophene rings is 1. The van der Waals surface area contributed by atoms with E-state index in [1.807, 2.05) is 4.90 Å². The molecule has 0 aliphatic carbocycles. The summed E-state index contributed by atoms with van der Waals surface area (Å²) in [6, 6.07) is 3.40. The molecule has 1 N–H and O–H groups in total. The van der Waals surface area contributed by atoms with Gasteiger partial charge in [-0.3, -0.25) is 4.79 Å². The van der Waals surface area contributed by atoms with Crippen LogP contribution in [0.5, 0.6) is 0 Å². The van der Waals surface area contributed by atoms with E-state index in [2.05, 4.69) is 7.05 Å². The Balaban J connectivity index is 1.57. The van der Waals surface area contributed by atoms with Gasteiger partial charge in [0.1, 0.15) is 4.21 Å². The molecule has 3 rings (SSSR count). The van der Waals surface area contributed by atoms with E-state index < -0.39 is 10.0 Å². The number of nitrogens with one attached hydrogen (secondary N) is 1. The van der Waals surface area contributed by atoms with Crippen molar-refractivity contribution in [2.45, 2.75) is 17.1 Å². The number of quaternary nitrogens is 1. The average molecular weight is 359 g/mol. The summed E-state index contributed by atoms with van der Waals surface area (Å²) in [4.78, 5) is 16.0. The molecule has 2 saturated heterocycles. The van der Waals surface area contributed by atoms with Crippen LogP contribution in [0.3, 0.4) is 0 Å². The number of hydrogen-bond acceptors (Lipinski definition) is 4. The molecule has 1 aromatic rings. The first-order valence-corrected chi connectivity index (χ1v) is 10.4. The molecule has 1 aromatic heterocycles. The number of piperidine rings is 1. The summed E-state index contributed by atoms with van der Waals surface area (Å²) in [5.41, 5.74) is 0. The van der Waals surface area contributed by atoms with E-state index in [4.69, 9.17) is 0 Å². The molecule has 0 aromatic carbocycles. The van der Waals surface area contributed by atoms with Crippen molar-refractivity contribution in [3.8, 4) is 0 Å². The van der Waals surface area contributed by atoms with Gasteiger partial charge in [0.05, 0.1) is 33.2 Å². The highest BCUT2D eigenvalue weighted by Crippen LogP contribution is 2.27. The Hall–Kier alpha value is -0.960. The van der Waals surface area contributed by atoms with Gasteiger partial charge in [-0.15, -0.1) is 11.3 Å². The summed E-state index contributed by atoms with van der Waals surface area (Å²) in [6.07, 6.45) is 1.26. The standard InChI is InChI=1S/C15H23N3O3S2/c1-16-8-10-17(11-9-16)15(19)13-4-6-18(7-5-13)23(20,21)14-3-2-12-22-14/h2-3,12-13H,4-11H2,1H3/p+1. The van der Waals surface area contributed by atoms with E-state index in [1.54, 1.807) is 17.5 Å². The predicted molar refractivity (Wildman–Crippen MR) is 89.0 cm³/mol. The van der Waals surface area contributed by atoms with Crippen LogP contribution in [0, 0.1) is 5.92 Å². The first-order chi connectivity index (χ1) is 11.0. The van der Waals surface area contributed by atoms with Crippen LogP contribution in [0.25, 0.3) is 0 Å². The van der Waals surface area contributed by atoms with E-state index in [1.165, 1.54) is 20.5 Å². The number of carbonyl (C=O) groups is 1. The molecule has 23 heavy (non-hydrogen) atoms. The maximum absolute atomic E-state index is 12.6. The van der Waals surface area contributed by atoms with Crippen LogP contribution < -0.4 is 4.90 Å². The van der Waals surface area contributed by atoms with Crippen LogP contribution in [-0.2, 0) is 14.8 Å². The molecule has 128 valence electrons. The molecular formula is C15H24N3O3S2+. The third-order valence-corrected chi connectivity index (χ3v) is 8.09. The number of sulfonamides is 1. The molecule has 0 atom stereocenters. The monoisotopic (exact) mass is 358 g/mol. The number of amides is 1. The van der Waals surface area contributed by atoms with E-state index in [0.717, 1.165) is 26.2 Å². The lowest BCUT2D eigenvalue weighted by atomic mass is 9.96. The van der Waals surface area contributed by atoms with Crippen molar-refractivity contribution < 1.29 is 18.1 Å². The average Bonchev–Trinajstić information content (AvgIpc) is 3.10. The van der Waals surface area contributed by atoms with Gasteiger partial charge >= 0.3 is 0 Å². The second kappa shape index (κ2) is 6.88. The van der Waals surface area contributed by atoms with E-state index in [0.29, 0.717) is 30.1 Å². The summed E-state index contributed by atoms with van der Waals surface area (Å²) < 4.78 is 26.9. The minimum Gasteiger partial charge on any atom is -0.334 e. The predicted octanol–water partition coefficient (Wildman–Crippen LogP) is -0.494. The van der Waals surface area contributed by atoms with E-state index >= 15 is 0 Å². The van der Waals surface area contributed by atoms with Gasteiger partial charge in [0, 0.05) is 19.0 Å². The molecule has 2 aliphatic heterocycles. The zero-order valence-electron chi connectivity index (χ0n) is 13.4. The zero-order valence-corrected chi connectivity index (χ0v) is 15.0. The molecule has 3 heterocycles. The molecule has 2 fully saturated rings. The van der Waals surface area contributed by atoms with Gasteiger partial charge in [-0.2, -0.15) is 4.31 Å². The summed E-state index contributed by atoms with van der Waals surface area (Å²) in [6.45, 7) is 4.51. The first-order valence-electron chi connectivity index (χ1n) is 8.12. The topological polar surface area (TPSA) is 62.1 Å². The minimum atomic E-state index is -3.38. The van der Waals surface area contributed by atoms with Crippen molar-refractivity contribution >= 4 is 27.3 Å². The quantitative estimate of drug-likeness (QED) is 0.793. The summed E-state index contributed by atoms with van der Waals surface area (Å²) in [7, 11) is -1.23. The van der Waals surface area contributed by atoms with E-state index in [9.17, 15) is 13.2 Å². The minimum absolute atomic E-state index is 0.0248. The fraction of sp³-hybridized carbons (Fsp3) is 0.667. The Labute approximate surface area is 141 Å². The molecule has 2 aliphatic rings. The van der Waals surface area contributed by atoms with Gasteiger partial charge in [-0.1, -0.05) is 6.07 Å². The van der Waals surface area contributed by atoms with Gasteiger partial charge in [-0.25, -0.2) is 8.42 Å². The highest BCUT2D eigenvalue weighted by Gasteiger charge is 2.35. The van der Waals surface area contributed by atoms with Crippen molar-refractivity contribution in [3.05, 3.63) is 17.5 Å². The number of carbonyl (C=O) groups excluding carboxylic acids is 1. The second-order valence-electron chi connectivity index (χ2n) is 6.39. The lowest BCUT2D eigenvalue weighted by molar-refractivity contribution is -0.883. The van der Waals surface area contributed by atoms with Crippen LogP contribution in [0.15, 0.2) is 21.7 Å². The fourth-order valence-electron chi connectivity index (χ4n) is 3.25. The molecule has 0 unspecified atom stereocenters. The Bertz CT molecular complexity index is 629. The van der Waals surface area contributed by atoms with Crippen molar-refractivity contribution in [1.82, 2.24) is 9.21 Å². The number of nitrogens with zero attached hydrogens (tertiary/aromatic N) is 2. The third-order valence-electron chi connectivity index (χ3n) is 4.82. The lowest BCUT2D eigenvalue weighted by Gasteiger charge is -2.35. The summed E-state index contributed by atoms with van der Waals surface area (Å²) >= 11 is 1.25. The molecular weight excluding hydrogens is 334 g/mol. The zero-order chi connectivity index (χ0) is 16.4. The molecule has 8 heteroatoms. The van der Waals surface area contributed by atoms with Gasteiger partial charge < -0.3 is 9.80 Å². The number of likely N-dealkylation sites (N-methyl/N-ethyl adjacent to an activating group) is 1. The largest absolute Gasteiger partial charge is 0.334 e. The van der Waals surface area contributed by atoms with Crippen molar-refractivity contribution in [3.63, 3.8) is 0 Å². The Morgan fingerprint density at radius 2 is 1.87 bits per heavy atom. The van der Waals surface area contributed by atoms with Crippen LogP contribution in [0.4, 0.5) is 0 Å². The van der Waals surface area contributed by atoms with Crippen molar-refractivity contribution in [2.75, 3.05) is 46.3 Å². The Morgan fingerprint density at radius 3 is 2.43 bits per heavy atom. The molecule has 6 nitrogen and oxygen atoms in total. The molecule has 0 saturated carbocycles. The summed E-state index contributed by atoms with van der Waals surface area (Å²) in [5, 5.41) is 1.78. The third kappa shape index (κ3) is 3.60.